The molecule has 0 bridgehead atoms. The zero-order chi connectivity index (χ0) is 38.5. The third-order valence-electron chi connectivity index (χ3n) is 9.48. The third-order valence-corrected chi connectivity index (χ3v) is 9.48. The Bertz CT molecular complexity index is 2160. The average molecular weight is 716 g/mol. The molecule has 0 radical (unpaired) electrons. The molecule has 5 aromatic rings. The summed E-state index contributed by atoms with van der Waals surface area (Å²) >= 11 is 0. The van der Waals surface area contributed by atoms with E-state index in [1.165, 1.54) is 4.90 Å². The van der Waals surface area contributed by atoms with E-state index in [1.807, 2.05) is 126 Å². The van der Waals surface area contributed by atoms with E-state index in [1.54, 1.807) is 37.9 Å². The number of nitrogens with one attached hydrogen (secondary N) is 1. The number of anilines is 1. The van der Waals surface area contributed by atoms with Crippen LogP contribution in [0.3, 0.4) is 0 Å². The summed E-state index contributed by atoms with van der Waals surface area (Å²) in [5.74, 6) is -0.362. The lowest BCUT2D eigenvalue weighted by molar-refractivity contribution is -0.160. The first kappa shape index (κ1) is 38.5. The Labute approximate surface area is 311 Å². The van der Waals surface area contributed by atoms with Crippen molar-refractivity contribution in [2.45, 2.75) is 78.0 Å². The molecule has 0 aliphatic carbocycles. The molecule has 0 fully saturated rings. The quantitative estimate of drug-likeness (QED) is 0.137. The Morgan fingerprint density at radius 1 is 0.811 bits per heavy atom. The summed E-state index contributed by atoms with van der Waals surface area (Å²) in [4.78, 5) is 56.4. The van der Waals surface area contributed by atoms with Gasteiger partial charge in [0.15, 0.2) is 0 Å². The number of nitrogens with zero attached hydrogens (tertiary/aromatic N) is 2. The second-order valence-corrected chi connectivity index (χ2v) is 15.1. The standard InChI is InChI=1S/C44H49N3O6/c1-29-23-24-47(28-31-16-21-36(52-8)22-17-31)41(50)39(29)45-40(49)37(46(7)38(48)27-32-13-18-33-11-9-10-12-34(33)25-32)26-30-14-19-35(20-15-30)44(5,6)42(51)53-43(2,3)4/h9-25,37H,26-28H2,1-8H3,(H,45,49). The van der Waals surface area contributed by atoms with E-state index in [4.69, 9.17) is 9.47 Å². The van der Waals surface area contributed by atoms with Gasteiger partial charge in [-0.05, 0) is 98.3 Å². The van der Waals surface area contributed by atoms with Crippen LogP contribution >= 0.6 is 0 Å². The molecule has 1 atom stereocenters. The smallest absolute Gasteiger partial charge is 0.316 e. The number of carbonyl (C=O) groups excluding carboxylic acids is 3. The second-order valence-electron chi connectivity index (χ2n) is 15.1. The fraction of sp³-hybridized carbons (Fsp3) is 0.318. The van der Waals surface area contributed by atoms with Crippen LogP contribution in [0.1, 0.15) is 62.4 Å². The highest BCUT2D eigenvalue weighted by molar-refractivity contribution is 5.98. The molecule has 276 valence electrons. The van der Waals surface area contributed by atoms with Crippen LogP contribution in [0.2, 0.25) is 0 Å². The molecule has 0 spiro atoms. The molecule has 1 aromatic heterocycles. The van der Waals surface area contributed by atoms with Crippen molar-refractivity contribution in [3.8, 4) is 5.75 Å². The van der Waals surface area contributed by atoms with E-state index in [0.29, 0.717) is 17.9 Å². The number of methoxy groups -OCH3 is 1. The van der Waals surface area contributed by atoms with E-state index < -0.39 is 23.0 Å². The van der Waals surface area contributed by atoms with Gasteiger partial charge in [0.25, 0.3) is 5.56 Å². The lowest BCUT2D eigenvalue weighted by Crippen LogP contribution is -2.47. The fourth-order valence-corrected chi connectivity index (χ4v) is 6.11. The van der Waals surface area contributed by atoms with E-state index in [9.17, 15) is 19.2 Å². The van der Waals surface area contributed by atoms with Crippen LogP contribution in [-0.2, 0) is 43.9 Å². The van der Waals surface area contributed by atoms with Crippen molar-refractivity contribution in [3.05, 3.63) is 141 Å². The molecule has 1 N–H and O–H groups in total. The number of pyridine rings is 1. The summed E-state index contributed by atoms with van der Waals surface area (Å²) in [5.41, 5.74) is 2.12. The van der Waals surface area contributed by atoms with E-state index in [0.717, 1.165) is 33.0 Å². The van der Waals surface area contributed by atoms with Gasteiger partial charge in [-0.2, -0.15) is 0 Å². The van der Waals surface area contributed by atoms with Gasteiger partial charge in [0, 0.05) is 19.7 Å². The number of hydrogen-bond acceptors (Lipinski definition) is 6. The minimum atomic E-state index is -0.957. The highest BCUT2D eigenvalue weighted by Gasteiger charge is 2.35. The lowest BCUT2D eigenvalue weighted by Gasteiger charge is -2.29. The second kappa shape index (κ2) is 15.9. The van der Waals surface area contributed by atoms with Crippen molar-refractivity contribution in [2.24, 2.45) is 0 Å². The number of rotatable bonds is 12. The molecule has 0 saturated carbocycles. The summed E-state index contributed by atoms with van der Waals surface area (Å²) in [7, 11) is 3.21. The Hall–Kier alpha value is -5.70. The molecule has 9 nitrogen and oxygen atoms in total. The van der Waals surface area contributed by atoms with Gasteiger partial charge in [0.2, 0.25) is 11.8 Å². The number of esters is 1. The maximum absolute atomic E-state index is 14.3. The van der Waals surface area contributed by atoms with Gasteiger partial charge >= 0.3 is 5.97 Å². The minimum Gasteiger partial charge on any atom is -0.497 e. The van der Waals surface area contributed by atoms with Gasteiger partial charge < -0.3 is 24.3 Å². The van der Waals surface area contributed by atoms with Crippen molar-refractivity contribution in [1.29, 1.82) is 0 Å². The highest BCUT2D eigenvalue weighted by atomic mass is 16.6. The molecule has 1 unspecified atom stereocenters. The van der Waals surface area contributed by atoms with Crippen LogP contribution in [-0.4, -0.2) is 53.1 Å². The van der Waals surface area contributed by atoms with E-state index in [2.05, 4.69) is 5.32 Å². The summed E-state index contributed by atoms with van der Waals surface area (Å²) in [6.07, 6.45) is 1.96. The fourth-order valence-electron chi connectivity index (χ4n) is 6.11. The van der Waals surface area contributed by atoms with Gasteiger partial charge in [-0.15, -0.1) is 0 Å². The zero-order valence-corrected chi connectivity index (χ0v) is 31.9. The number of benzene rings is 4. The largest absolute Gasteiger partial charge is 0.497 e. The van der Waals surface area contributed by atoms with Crippen LogP contribution in [0.15, 0.2) is 108 Å². The van der Waals surface area contributed by atoms with Gasteiger partial charge in [-0.3, -0.25) is 19.2 Å². The predicted octanol–water partition coefficient (Wildman–Crippen LogP) is 7.24. The van der Waals surface area contributed by atoms with Crippen molar-refractivity contribution in [1.82, 2.24) is 9.47 Å². The van der Waals surface area contributed by atoms with Crippen LogP contribution in [0.4, 0.5) is 5.69 Å². The normalized spacial score (nSPS) is 12.2. The topological polar surface area (TPSA) is 107 Å². The number of likely N-dealkylation sites (N-methyl/N-ethyl adjacent to an activating group) is 1. The first-order chi connectivity index (χ1) is 25.0. The molecule has 4 aromatic carbocycles. The summed E-state index contributed by atoms with van der Waals surface area (Å²) in [6, 6.07) is 29.5. The maximum Gasteiger partial charge on any atom is 0.316 e. The molecule has 0 aliphatic heterocycles. The first-order valence-electron chi connectivity index (χ1n) is 17.8. The molecule has 1 heterocycles. The number of aryl methyl sites for hydroxylation is 1. The average Bonchev–Trinajstić information content (AvgIpc) is 3.12. The van der Waals surface area contributed by atoms with Crippen molar-refractivity contribution in [3.63, 3.8) is 0 Å². The van der Waals surface area contributed by atoms with Crippen LogP contribution in [0.5, 0.6) is 5.75 Å². The minimum absolute atomic E-state index is 0.0904. The maximum atomic E-state index is 14.3. The molecular formula is C44H49N3O6. The zero-order valence-electron chi connectivity index (χ0n) is 31.9. The molecule has 53 heavy (non-hydrogen) atoms. The first-order valence-corrected chi connectivity index (χ1v) is 17.8. The van der Waals surface area contributed by atoms with Crippen molar-refractivity contribution >= 4 is 34.2 Å². The Morgan fingerprint density at radius 2 is 1.43 bits per heavy atom. The van der Waals surface area contributed by atoms with Gasteiger partial charge in [0.1, 0.15) is 23.1 Å². The predicted molar refractivity (Wildman–Crippen MR) is 209 cm³/mol. The number of hydrogen-bond donors (Lipinski definition) is 1. The monoisotopic (exact) mass is 715 g/mol. The SMILES string of the molecule is COc1ccc(Cn2ccc(C)c(NC(=O)C(Cc3ccc(C(C)(C)C(=O)OC(C)(C)C)cc3)N(C)C(=O)Cc3ccc4ccccc4c3)c2=O)cc1. The molecule has 0 aliphatic rings. The summed E-state index contributed by atoms with van der Waals surface area (Å²) in [5, 5.41) is 4.99. The Balaban J connectivity index is 1.42. The van der Waals surface area contributed by atoms with Crippen molar-refractivity contribution < 1.29 is 23.9 Å². The third kappa shape index (κ3) is 9.40. The summed E-state index contributed by atoms with van der Waals surface area (Å²) < 4.78 is 12.5. The Kier molecular flexibility index (Phi) is 11.6. The summed E-state index contributed by atoms with van der Waals surface area (Å²) in [6.45, 7) is 11.2. The van der Waals surface area contributed by atoms with Crippen molar-refractivity contribution in [2.75, 3.05) is 19.5 Å². The molecule has 0 saturated heterocycles. The van der Waals surface area contributed by atoms with Gasteiger partial charge in [-0.25, -0.2) is 0 Å². The number of aromatic nitrogens is 1. The molecule has 5 rings (SSSR count). The molecule has 9 heteroatoms. The highest BCUT2D eigenvalue weighted by Crippen LogP contribution is 2.28. The van der Waals surface area contributed by atoms with E-state index >= 15 is 0 Å². The Morgan fingerprint density at radius 3 is 2.08 bits per heavy atom. The molecular weight excluding hydrogens is 666 g/mol. The lowest BCUT2D eigenvalue weighted by atomic mass is 9.84. The van der Waals surface area contributed by atoms with Crippen LogP contribution < -0.4 is 15.6 Å². The van der Waals surface area contributed by atoms with Crippen LogP contribution in [0.25, 0.3) is 10.8 Å². The number of fused-ring (bicyclic) bond motifs is 1. The number of amides is 2. The van der Waals surface area contributed by atoms with E-state index in [-0.39, 0.29) is 36.0 Å². The van der Waals surface area contributed by atoms with Gasteiger partial charge in [-0.1, -0.05) is 78.9 Å². The van der Waals surface area contributed by atoms with Gasteiger partial charge in [0.05, 0.1) is 25.5 Å². The van der Waals surface area contributed by atoms with Crippen LogP contribution in [0, 0.1) is 6.92 Å². The number of carbonyl (C=O) groups is 3. The number of ether oxygens (including phenoxy) is 2. The molecule has 2 amide bonds.